The van der Waals surface area contributed by atoms with Gasteiger partial charge < -0.3 is 15.2 Å². The van der Waals surface area contributed by atoms with Gasteiger partial charge in [-0.1, -0.05) is 0 Å². The molecular formula is C11H12N2O2. The first-order valence-corrected chi connectivity index (χ1v) is 4.53. The minimum absolute atomic E-state index is 0.528. The second-order valence-corrected chi connectivity index (χ2v) is 3.10. The van der Waals surface area contributed by atoms with Crippen molar-refractivity contribution in [1.82, 2.24) is 4.98 Å². The Labute approximate surface area is 87.6 Å². The van der Waals surface area contributed by atoms with E-state index in [4.69, 9.17) is 15.2 Å². The Hall–Kier alpha value is -1.97. The predicted octanol–water partition coefficient (Wildman–Crippen LogP) is 1.83. The van der Waals surface area contributed by atoms with Gasteiger partial charge in [-0.25, -0.2) is 0 Å². The van der Waals surface area contributed by atoms with Crippen molar-refractivity contribution >= 4 is 16.6 Å². The first kappa shape index (κ1) is 9.58. The van der Waals surface area contributed by atoms with Crippen LogP contribution in [0.4, 0.5) is 5.69 Å². The van der Waals surface area contributed by atoms with Crippen molar-refractivity contribution < 1.29 is 9.47 Å². The molecule has 0 fully saturated rings. The topological polar surface area (TPSA) is 57.4 Å². The third kappa shape index (κ3) is 1.44. The Balaban J connectivity index is 2.86. The Morgan fingerprint density at radius 1 is 1.27 bits per heavy atom. The molecule has 0 unspecified atom stereocenters. The van der Waals surface area contributed by atoms with E-state index in [0.717, 1.165) is 10.9 Å². The van der Waals surface area contributed by atoms with Gasteiger partial charge in [0.15, 0.2) is 5.75 Å². The van der Waals surface area contributed by atoms with Crippen LogP contribution in [-0.2, 0) is 0 Å². The van der Waals surface area contributed by atoms with Crippen molar-refractivity contribution in [3.8, 4) is 11.5 Å². The third-order valence-corrected chi connectivity index (χ3v) is 2.26. The average Bonchev–Trinajstić information content (AvgIpc) is 2.28. The van der Waals surface area contributed by atoms with Crippen LogP contribution in [0, 0.1) is 0 Å². The minimum Gasteiger partial charge on any atom is -0.496 e. The van der Waals surface area contributed by atoms with Crippen molar-refractivity contribution in [2.75, 3.05) is 20.0 Å². The van der Waals surface area contributed by atoms with E-state index in [0.29, 0.717) is 17.2 Å². The van der Waals surface area contributed by atoms with E-state index >= 15 is 0 Å². The minimum atomic E-state index is 0.528. The lowest BCUT2D eigenvalue weighted by Crippen LogP contribution is -1.97. The lowest BCUT2D eigenvalue weighted by molar-refractivity contribution is 0.411. The summed E-state index contributed by atoms with van der Waals surface area (Å²) in [5.41, 5.74) is 7.08. The molecule has 0 saturated heterocycles. The molecule has 0 atom stereocenters. The highest BCUT2D eigenvalue weighted by Gasteiger charge is 2.11. The van der Waals surface area contributed by atoms with Crippen LogP contribution in [0.3, 0.4) is 0 Å². The predicted molar refractivity (Wildman–Crippen MR) is 59.3 cm³/mol. The lowest BCUT2D eigenvalue weighted by atomic mass is 10.1. The summed E-state index contributed by atoms with van der Waals surface area (Å²) in [6, 6.07) is 5.51. The van der Waals surface area contributed by atoms with Gasteiger partial charge in [0.05, 0.1) is 19.9 Å². The molecule has 1 aromatic carbocycles. The number of pyridine rings is 1. The van der Waals surface area contributed by atoms with Crippen molar-refractivity contribution in [3.63, 3.8) is 0 Å². The normalized spacial score (nSPS) is 10.3. The Kier molecular flexibility index (Phi) is 2.33. The number of benzene rings is 1. The molecule has 4 nitrogen and oxygen atoms in total. The second kappa shape index (κ2) is 3.65. The van der Waals surface area contributed by atoms with Gasteiger partial charge in [-0.3, -0.25) is 4.98 Å². The molecule has 0 amide bonds. The van der Waals surface area contributed by atoms with Crippen LogP contribution in [0.2, 0.25) is 0 Å². The number of methoxy groups -OCH3 is 2. The first-order valence-electron chi connectivity index (χ1n) is 4.53. The Morgan fingerprint density at radius 2 is 2.07 bits per heavy atom. The largest absolute Gasteiger partial charge is 0.496 e. The highest BCUT2D eigenvalue weighted by Crippen LogP contribution is 2.36. The summed E-state index contributed by atoms with van der Waals surface area (Å²) < 4.78 is 10.4. The van der Waals surface area contributed by atoms with E-state index in [1.165, 1.54) is 0 Å². The maximum absolute atomic E-state index is 5.83. The number of nitrogens with two attached hydrogens (primary N) is 1. The van der Waals surface area contributed by atoms with Gasteiger partial charge in [0, 0.05) is 17.6 Å². The molecule has 0 aliphatic heterocycles. The van der Waals surface area contributed by atoms with Crippen molar-refractivity contribution in [1.29, 1.82) is 0 Å². The van der Waals surface area contributed by atoms with Crippen LogP contribution in [0.15, 0.2) is 24.4 Å². The summed E-state index contributed by atoms with van der Waals surface area (Å²) in [4.78, 5) is 4.24. The monoisotopic (exact) mass is 204 g/mol. The van der Waals surface area contributed by atoms with Gasteiger partial charge in [-0.05, 0) is 12.1 Å². The van der Waals surface area contributed by atoms with Crippen molar-refractivity contribution in [3.05, 3.63) is 24.4 Å². The van der Waals surface area contributed by atoms with Gasteiger partial charge >= 0.3 is 0 Å². The molecule has 1 heterocycles. The highest BCUT2D eigenvalue weighted by atomic mass is 16.5. The molecule has 2 aromatic rings. The quantitative estimate of drug-likeness (QED) is 0.758. The standard InChI is InChI=1S/C11H12N2O2/c1-14-9-6-8(12)11(15-2)10-7(9)4-3-5-13-10/h3-6H,12H2,1-2H3. The van der Waals surface area contributed by atoms with E-state index in [2.05, 4.69) is 4.98 Å². The van der Waals surface area contributed by atoms with E-state index in [1.807, 2.05) is 12.1 Å². The molecule has 1 aromatic heterocycles. The number of fused-ring (bicyclic) bond motifs is 1. The third-order valence-electron chi connectivity index (χ3n) is 2.26. The number of nitrogen functional groups attached to an aromatic ring is 1. The van der Waals surface area contributed by atoms with Gasteiger partial charge in [0.2, 0.25) is 0 Å². The average molecular weight is 204 g/mol. The maximum atomic E-state index is 5.83. The maximum Gasteiger partial charge on any atom is 0.168 e. The molecule has 0 spiro atoms. The number of aromatic nitrogens is 1. The summed E-state index contributed by atoms with van der Waals surface area (Å²) in [6.07, 6.45) is 1.70. The SMILES string of the molecule is COc1cc(N)c(OC)c2ncccc12. The molecule has 0 saturated carbocycles. The molecule has 2 N–H and O–H groups in total. The van der Waals surface area contributed by atoms with Crippen LogP contribution < -0.4 is 15.2 Å². The molecule has 15 heavy (non-hydrogen) atoms. The number of nitrogens with zero attached hydrogens (tertiary/aromatic N) is 1. The highest BCUT2D eigenvalue weighted by molar-refractivity contribution is 5.94. The fraction of sp³-hybridized carbons (Fsp3) is 0.182. The summed E-state index contributed by atoms with van der Waals surface area (Å²) in [5, 5.41) is 0.894. The van der Waals surface area contributed by atoms with Gasteiger partial charge in [0.25, 0.3) is 0 Å². The summed E-state index contributed by atoms with van der Waals surface area (Å²) in [5.74, 6) is 1.29. The molecule has 2 rings (SSSR count). The fourth-order valence-electron chi connectivity index (χ4n) is 1.59. The molecule has 78 valence electrons. The van der Waals surface area contributed by atoms with E-state index in [1.54, 1.807) is 26.5 Å². The van der Waals surface area contributed by atoms with Gasteiger partial charge in [-0.15, -0.1) is 0 Å². The van der Waals surface area contributed by atoms with E-state index < -0.39 is 0 Å². The van der Waals surface area contributed by atoms with Crippen LogP contribution in [0.25, 0.3) is 10.9 Å². The Bertz CT molecular complexity index is 497. The molecule has 0 bridgehead atoms. The molecule has 0 radical (unpaired) electrons. The van der Waals surface area contributed by atoms with Crippen molar-refractivity contribution in [2.45, 2.75) is 0 Å². The van der Waals surface area contributed by atoms with Crippen LogP contribution in [0.1, 0.15) is 0 Å². The van der Waals surface area contributed by atoms with E-state index in [9.17, 15) is 0 Å². The van der Waals surface area contributed by atoms with Crippen LogP contribution in [-0.4, -0.2) is 19.2 Å². The zero-order valence-corrected chi connectivity index (χ0v) is 8.65. The summed E-state index contributed by atoms with van der Waals surface area (Å²) in [6.45, 7) is 0. The van der Waals surface area contributed by atoms with Crippen molar-refractivity contribution in [2.24, 2.45) is 0 Å². The van der Waals surface area contributed by atoms with E-state index in [-0.39, 0.29) is 0 Å². The second-order valence-electron chi connectivity index (χ2n) is 3.10. The zero-order chi connectivity index (χ0) is 10.8. The number of rotatable bonds is 2. The molecule has 0 aliphatic rings. The number of hydrogen-bond donors (Lipinski definition) is 1. The molecule has 0 aliphatic carbocycles. The number of hydrogen-bond acceptors (Lipinski definition) is 4. The van der Waals surface area contributed by atoms with Gasteiger partial charge in [0.1, 0.15) is 11.3 Å². The smallest absolute Gasteiger partial charge is 0.168 e. The fourth-order valence-corrected chi connectivity index (χ4v) is 1.59. The summed E-state index contributed by atoms with van der Waals surface area (Å²) in [7, 11) is 3.18. The molecule has 4 heteroatoms. The Morgan fingerprint density at radius 3 is 2.73 bits per heavy atom. The van der Waals surface area contributed by atoms with Crippen LogP contribution >= 0.6 is 0 Å². The van der Waals surface area contributed by atoms with Crippen LogP contribution in [0.5, 0.6) is 11.5 Å². The van der Waals surface area contributed by atoms with Gasteiger partial charge in [-0.2, -0.15) is 0 Å². The zero-order valence-electron chi connectivity index (χ0n) is 8.65. The first-order chi connectivity index (χ1) is 7.27. The molecular weight excluding hydrogens is 192 g/mol. The number of anilines is 1. The summed E-state index contributed by atoms with van der Waals surface area (Å²) >= 11 is 0. The number of ether oxygens (including phenoxy) is 2. The lowest BCUT2D eigenvalue weighted by Gasteiger charge is -2.11.